The Bertz CT molecular complexity index is 130. The van der Waals surface area contributed by atoms with Crippen LogP contribution in [-0.2, 0) is 0 Å². The van der Waals surface area contributed by atoms with E-state index in [9.17, 15) is 0 Å². The average Bonchev–Trinajstić information content (AvgIpc) is 1.65. The van der Waals surface area contributed by atoms with Crippen LogP contribution in [0.5, 0.6) is 0 Å². The van der Waals surface area contributed by atoms with Crippen molar-refractivity contribution in [3.8, 4) is 0 Å². The lowest BCUT2D eigenvalue weighted by molar-refractivity contribution is 0.137. The monoisotopic (exact) mass is 180 g/mol. The first-order valence-corrected chi connectivity index (χ1v) is 2.38. The van der Waals surface area contributed by atoms with E-state index in [4.69, 9.17) is 25.8 Å². The first kappa shape index (κ1) is 15.9. The Balaban J connectivity index is -0.0000000750. The van der Waals surface area contributed by atoms with Crippen molar-refractivity contribution in [2.75, 3.05) is 0 Å². The maximum absolute atomic E-state index is 8.56. The van der Waals surface area contributed by atoms with Crippen LogP contribution < -0.4 is 0 Å². The molecule has 0 amide bonds. The zero-order chi connectivity index (χ0) is 8.99. The fourth-order valence-corrected chi connectivity index (χ4v) is 0. The second-order valence-electron chi connectivity index (χ2n) is 0.487. The molecule has 0 spiro atoms. The van der Waals surface area contributed by atoms with E-state index in [-0.39, 0.29) is 0 Å². The third kappa shape index (κ3) is 185. The molecule has 4 N–H and O–H groups in total. The SMILES string of the molecule is N=C=S.N=C=S.O=C(O)O. The van der Waals surface area contributed by atoms with E-state index in [1.807, 2.05) is 0 Å². The zero-order valence-corrected chi connectivity index (χ0v) is 6.25. The number of isothiocyanates is 2. The van der Waals surface area contributed by atoms with Crippen LogP contribution in [0.15, 0.2) is 0 Å². The summed E-state index contributed by atoms with van der Waals surface area (Å²) in [7, 11) is 0. The van der Waals surface area contributed by atoms with Gasteiger partial charge in [-0.05, 0) is 24.4 Å². The maximum Gasteiger partial charge on any atom is 0.503 e. The van der Waals surface area contributed by atoms with E-state index in [1.54, 1.807) is 10.3 Å². The molecule has 0 aliphatic carbocycles. The van der Waals surface area contributed by atoms with E-state index in [0.717, 1.165) is 0 Å². The summed E-state index contributed by atoms with van der Waals surface area (Å²) in [5.41, 5.74) is 0. The summed E-state index contributed by atoms with van der Waals surface area (Å²) in [6.07, 6.45) is -1.83. The van der Waals surface area contributed by atoms with E-state index in [2.05, 4.69) is 24.4 Å². The van der Waals surface area contributed by atoms with Gasteiger partial charge in [-0.25, -0.2) is 15.6 Å². The first-order chi connectivity index (χ1) is 4.56. The Hall–Kier alpha value is -1.13. The summed E-state index contributed by atoms with van der Waals surface area (Å²) in [4.78, 5) is 8.56. The number of hydrogen-bond acceptors (Lipinski definition) is 5. The van der Waals surface area contributed by atoms with Crippen molar-refractivity contribution in [3.63, 3.8) is 0 Å². The molecule has 0 aliphatic rings. The molecule has 0 aromatic heterocycles. The fourth-order valence-electron chi connectivity index (χ4n) is 0. The lowest BCUT2D eigenvalue weighted by atomic mass is 11.5. The number of thiocarbonyl (C=S) groups is 2. The van der Waals surface area contributed by atoms with Gasteiger partial charge >= 0.3 is 6.16 Å². The summed E-state index contributed by atoms with van der Waals surface area (Å²) in [6, 6.07) is 0. The van der Waals surface area contributed by atoms with Gasteiger partial charge in [0.15, 0.2) is 0 Å². The molecule has 0 atom stereocenters. The molecule has 56 valence electrons. The molecule has 0 saturated heterocycles. The van der Waals surface area contributed by atoms with Crippen LogP contribution in [0.3, 0.4) is 0 Å². The standard InChI is InChI=1S/2CHNS.CH2O3/c2*2-1-3;2-1(3)4/h2*2H;(H2,2,3,4). The summed E-state index contributed by atoms with van der Waals surface area (Å²) < 4.78 is 0. The van der Waals surface area contributed by atoms with Crippen LogP contribution in [0.25, 0.3) is 0 Å². The lowest BCUT2D eigenvalue weighted by Gasteiger charge is -1.60. The lowest BCUT2D eigenvalue weighted by Crippen LogP contribution is -1.81. The van der Waals surface area contributed by atoms with Crippen molar-refractivity contribution in [1.29, 1.82) is 10.8 Å². The van der Waals surface area contributed by atoms with Gasteiger partial charge in [-0.3, -0.25) is 0 Å². The topological polar surface area (TPSA) is 105 Å². The Labute approximate surface area is 67.3 Å². The Morgan fingerprint density at radius 2 is 1.20 bits per heavy atom. The van der Waals surface area contributed by atoms with E-state index < -0.39 is 6.16 Å². The zero-order valence-electron chi connectivity index (χ0n) is 4.62. The highest BCUT2D eigenvalue weighted by molar-refractivity contribution is 7.78. The second-order valence-corrected chi connectivity index (χ2v) is 0.895. The molecule has 5 nitrogen and oxygen atoms in total. The molecule has 10 heavy (non-hydrogen) atoms. The normalized spacial score (nSPS) is 4.00. The predicted molar refractivity (Wildman–Crippen MR) is 41.3 cm³/mol. The second kappa shape index (κ2) is 24.8. The predicted octanol–water partition coefficient (Wildman–Crippen LogP) is 1.56. The molecule has 7 heteroatoms. The molecule has 0 radical (unpaired) electrons. The summed E-state index contributed by atoms with van der Waals surface area (Å²) in [5.74, 6) is 0. The minimum atomic E-state index is -1.83. The van der Waals surface area contributed by atoms with Crippen LogP contribution in [0, 0.1) is 10.8 Å². The summed E-state index contributed by atoms with van der Waals surface area (Å²) in [5, 5.41) is 28.7. The minimum absolute atomic E-state index is 1.58. The molecule has 0 aliphatic heterocycles. The molecule has 0 heterocycles. The van der Waals surface area contributed by atoms with Gasteiger partial charge in [0.2, 0.25) is 0 Å². The molecule has 0 bridgehead atoms. The third-order valence-electron chi connectivity index (χ3n) is 0. The van der Waals surface area contributed by atoms with Gasteiger partial charge in [0.25, 0.3) is 0 Å². The van der Waals surface area contributed by atoms with Gasteiger partial charge in [0.05, 0.1) is 10.3 Å². The van der Waals surface area contributed by atoms with E-state index >= 15 is 0 Å². The van der Waals surface area contributed by atoms with Gasteiger partial charge in [-0.15, -0.1) is 0 Å². The fraction of sp³-hybridized carbons (Fsp3) is 0. The molecule has 0 aromatic carbocycles. The van der Waals surface area contributed by atoms with Crippen LogP contribution >= 0.6 is 24.4 Å². The van der Waals surface area contributed by atoms with Gasteiger partial charge in [-0.2, -0.15) is 0 Å². The van der Waals surface area contributed by atoms with Gasteiger partial charge in [0.1, 0.15) is 0 Å². The number of hydrogen-bond donors (Lipinski definition) is 4. The molecular formula is C3H4N2O3S2. The quantitative estimate of drug-likeness (QED) is 0.334. The van der Waals surface area contributed by atoms with Crippen molar-refractivity contribution in [3.05, 3.63) is 0 Å². The van der Waals surface area contributed by atoms with Crippen LogP contribution in [-0.4, -0.2) is 26.7 Å². The van der Waals surface area contributed by atoms with Gasteiger partial charge in [0, 0.05) is 0 Å². The summed E-state index contributed by atoms with van der Waals surface area (Å²) >= 11 is 7.62. The average molecular weight is 180 g/mol. The number of nitrogens with one attached hydrogen (secondary N) is 2. The van der Waals surface area contributed by atoms with Crippen molar-refractivity contribution >= 4 is 40.9 Å². The van der Waals surface area contributed by atoms with Crippen LogP contribution in [0.2, 0.25) is 0 Å². The smallest absolute Gasteiger partial charge is 0.450 e. The van der Waals surface area contributed by atoms with Crippen molar-refractivity contribution in [1.82, 2.24) is 0 Å². The number of rotatable bonds is 0. The van der Waals surface area contributed by atoms with Crippen LogP contribution in [0.1, 0.15) is 0 Å². The van der Waals surface area contributed by atoms with Crippen molar-refractivity contribution < 1.29 is 15.0 Å². The van der Waals surface area contributed by atoms with Crippen molar-refractivity contribution in [2.45, 2.75) is 0 Å². The number of carboxylic acid groups (broad SMARTS) is 2. The molecular weight excluding hydrogens is 176 g/mol. The largest absolute Gasteiger partial charge is 0.503 e. The maximum atomic E-state index is 8.56. The molecule has 0 rings (SSSR count). The first-order valence-electron chi connectivity index (χ1n) is 1.56. The third-order valence-corrected chi connectivity index (χ3v) is 0. The molecule has 0 saturated carbocycles. The molecule has 0 fully saturated rings. The highest BCUT2D eigenvalue weighted by Gasteiger charge is 1.70. The molecule has 0 unspecified atom stereocenters. The van der Waals surface area contributed by atoms with Gasteiger partial charge < -0.3 is 10.2 Å². The Morgan fingerprint density at radius 1 is 1.20 bits per heavy atom. The van der Waals surface area contributed by atoms with Gasteiger partial charge in [-0.1, -0.05) is 0 Å². The highest BCUT2D eigenvalue weighted by Crippen LogP contribution is 1.42. The van der Waals surface area contributed by atoms with E-state index in [1.165, 1.54) is 0 Å². The van der Waals surface area contributed by atoms with Crippen LogP contribution in [0.4, 0.5) is 4.79 Å². The number of carbonyl (C=O) groups is 1. The Morgan fingerprint density at radius 3 is 1.20 bits per heavy atom. The van der Waals surface area contributed by atoms with Crippen molar-refractivity contribution in [2.24, 2.45) is 0 Å². The highest BCUT2D eigenvalue weighted by atomic mass is 32.1. The summed E-state index contributed by atoms with van der Waals surface area (Å²) in [6.45, 7) is 0. The Kier molecular flexibility index (Phi) is 39.5. The molecule has 0 aromatic rings. The van der Waals surface area contributed by atoms with E-state index in [0.29, 0.717) is 0 Å². The minimum Gasteiger partial charge on any atom is -0.450 e.